The molecular weight excluding hydrogens is 615 g/mol. The monoisotopic (exact) mass is 651 g/mol. The minimum atomic E-state index is -0.306. The topological polar surface area (TPSA) is 3.24 Å². The standard InChI is InChI=1S/C50H37N/c1-4-15-35(16-5-1)37-27-31-39(32-28-37)51(40-33-29-38(30-34-40)36-17-6-2-7-18-36)48-26-14-25-47-49(48)43-21-11-13-24-46(43)50(47)44-22-9-3-8-19-41(44)42-20-10-12-23-45(42)50/h1-8,10-13,15-24,26-34H,9,14,25H2. The quantitative estimate of drug-likeness (QED) is 0.179. The average Bonchev–Trinajstić information content (AvgIpc) is 3.51. The first-order valence-electron chi connectivity index (χ1n) is 18.2. The molecule has 6 aromatic carbocycles. The molecule has 1 heteroatoms. The van der Waals surface area contributed by atoms with Crippen LogP contribution in [0.2, 0.25) is 0 Å². The van der Waals surface area contributed by atoms with E-state index in [1.165, 1.54) is 72.5 Å². The molecular formula is C50H37N. The van der Waals surface area contributed by atoms with Crippen LogP contribution in [0, 0.1) is 0 Å². The minimum absolute atomic E-state index is 0.306. The summed E-state index contributed by atoms with van der Waals surface area (Å²) in [7, 11) is 0. The van der Waals surface area contributed by atoms with Gasteiger partial charge in [-0.1, -0.05) is 164 Å². The van der Waals surface area contributed by atoms with Crippen molar-refractivity contribution in [2.45, 2.75) is 24.7 Å². The van der Waals surface area contributed by atoms with E-state index in [9.17, 15) is 0 Å². The van der Waals surface area contributed by atoms with Crippen molar-refractivity contribution in [3.05, 3.63) is 227 Å². The first-order chi connectivity index (χ1) is 25.3. The zero-order valence-corrected chi connectivity index (χ0v) is 28.5. The molecule has 0 aliphatic heterocycles. The summed E-state index contributed by atoms with van der Waals surface area (Å²) in [6.45, 7) is 0. The van der Waals surface area contributed by atoms with Crippen LogP contribution in [0.3, 0.4) is 0 Å². The minimum Gasteiger partial charge on any atom is -0.310 e. The molecule has 0 radical (unpaired) electrons. The van der Waals surface area contributed by atoms with E-state index in [0.29, 0.717) is 0 Å². The molecule has 0 aromatic heterocycles. The van der Waals surface area contributed by atoms with E-state index < -0.39 is 0 Å². The first-order valence-corrected chi connectivity index (χ1v) is 18.2. The molecule has 0 N–H and O–H groups in total. The first kappa shape index (κ1) is 29.7. The third-order valence-corrected chi connectivity index (χ3v) is 11.2. The Hall–Kier alpha value is -6.18. The van der Waals surface area contributed by atoms with Crippen molar-refractivity contribution in [1.29, 1.82) is 0 Å². The van der Waals surface area contributed by atoms with Gasteiger partial charge in [-0.2, -0.15) is 0 Å². The average molecular weight is 652 g/mol. The highest BCUT2D eigenvalue weighted by molar-refractivity contribution is 6.04. The summed E-state index contributed by atoms with van der Waals surface area (Å²) in [6, 6.07) is 58.0. The van der Waals surface area contributed by atoms with Crippen molar-refractivity contribution in [1.82, 2.24) is 0 Å². The number of rotatable bonds is 5. The van der Waals surface area contributed by atoms with E-state index in [2.05, 4.69) is 193 Å². The Labute approximate surface area is 300 Å². The van der Waals surface area contributed by atoms with Gasteiger partial charge in [0.1, 0.15) is 0 Å². The molecule has 1 nitrogen and oxygen atoms in total. The van der Waals surface area contributed by atoms with Gasteiger partial charge in [-0.3, -0.25) is 0 Å². The van der Waals surface area contributed by atoms with E-state index in [0.717, 1.165) is 30.6 Å². The molecule has 0 saturated heterocycles. The molecule has 10 rings (SSSR count). The van der Waals surface area contributed by atoms with Crippen molar-refractivity contribution in [2.75, 3.05) is 4.90 Å². The molecule has 0 bridgehead atoms. The fourth-order valence-electron chi connectivity index (χ4n) is 9.12. The Balaban J connectivity index is 1.19. The zero-order chi connectivity index (χ0) is 33.8. The van der Waals surface area contributed by atoms with Gasteiger partial charge >= 0.3 is 0 Å². The van der Waals surface area contributed by atoms with Gasteiger partial charge in [0.15, 0.2) is 0 Å². The summed E-state index contributed by atoms with van der Waals surface area (Å²) < 4.78 is 0. The predicted octanol–water partition coefficient (Wildman–Crippen LogP) is 12.9. The molecule has 0 saturated carbocycles. The maximum Gasteiger partial charge on any atom is 0.0686 e. The summed E-state index contributed by atoms with van der Waals surface area (Å²) in [5.41, 5.74) is 19.4. The fourth-order valence-corrected chi connectivity index (χ4v) is 9.12. The van der Waals surface area contributed by atoms with Crippen LogP contribution in [0.15, 0.2) is 205 Å². The van der Waals surface area contributed by atoms with Gasteiger partial charge in [-0.15, -0.1) is 0 Å². The molecule has 0 heterocycles. The van der Waals surface area contributed by atoms with Gasteiger partial charge in [0.25, 0.3) is 0 Å². The van der Waals surface area contributed by atoms with Crippen LogP contribution < -0.4 is 4.90 Å². The van der Waals surface area contributed by atoms with Gasteiger partial charge in [0.05, 0.1) is 11.1 Å². The van der Waals surface area contributed by atoms with Crippen LogP contribution in [0.5, 0.6) is 0 Å². The van der Waals surface area contributed by atoms with Crippen molar-refractivity contribution in [2.24, 2.45) is 0 Å². The van der Waals surface area contributed by atoms with Crippen molar-refractivity contribution in [3.8, 4) is 22.3 Å². The summed E-state index contributed by atoms with van der Waals surface area (Å²) in [5, 5.41) is 0. The lowest BCUT2D eigenvalue weighted by molar-refractivity contribution is 0.710. The van der Waals surface area contributed by atoms with E-state index >= 15 is 0 Å². The lowest BCUT2D eigenvalue weighted by Gasteiger charge is -2.36. The van der Waals surface area contributed by atoms with Crippen molar-refractivity contribution >= 4 is 22.5 Å². The van der Waals surface area contributed by atoms with Crippen molar-refractivity contribution in [3.63, 3.8) is 0 Å². The van der Waals surface area contributed by atoms with E-state index in [1.54, 1.807) is 0 Å². The van der Waals surface area contributed by atoms with E-state index in [1.807, 2.05) is 0 Å². The lowest BCUT2D eigenvalue weighted by atomic mass is 9.67. The van der Waals surface area contributed by atoms with Gasteiger partial charge in [-0.25, -0.2) is 0 Å². The second-order valence-corrected chi connectivity index (χ2v) is 13.8. The molecule has 1 unspecified atom stereocenters. The molecule has 1 spiro atoms. The number of fused-ring (bicyclic) bond motifs is 9. The second kappa shape index (κ2) is 12.0. The zero-order valence-electron chi connectivity index (χ0n) is 28.5. The lowest BCUT2D eigenvalue weighted by Crippen LogP contribution is -2.28. The number of anilines is 2. The van der Waals surface area contributed by atoms with Gasteiger partial charge in [0, 0.05) is 16.9 Å². The van der Waals surface area contributed by atoms with Crippen molar-refractivity contribution < 1.29 is 0 Å². The third kappa shape index (κ3) is 4.55. The molecule has 4 aliphatic rings. The number of allylic oxidation sites excluding steroid dienone is 9. The molecule has 6 aromatic rings. The van der Waals surface area contributed by atoms with Crippen LogP contribution in [0.25, 0.3) is 33.4 Å². The molecule has 0 fully saturated rings. The molecule has 4 aliphatic carbocycles. The largest absolute Gasteiger partial charge is 0.310 e. The highest BCUT2D eigenvalue weighted by Gasteiger charge is 2.55. The fraction of sp³-hybridized carbons (Fsp3) is 0.0800. The van der Waals surface area contributed by atoms with Crippen LogP contribution >= 0.6 is 0 Å². The summed E-state index contributed by atoms with van der Waals surface area (Å²) >= 11 is 0. The Morgan fingerprint density at radius 2 is 1.02 bits per heavy atom. The highest BCUT2D eigenvalue weighted by Crippen LogP contribution is 2.66. The number of hydrogen-bond donors (Lipinski definition) is 0. The highest BCUT2D eigenvalue weighted by atomic mass is 15.2. The van der Waals surface area contributed by atoms with Gasteiger partial charge in [0.2, 0.25) is 0 Å². The molecule has 242 valence electrons. The van der Waals surface area contributed by atoms with Crippen LogP contribution in [0.4, 0.5) is 11.4 Å². The summed E-state index contributed by atoms with van der Waals surface area (Å²) in [6.07, 6.45) is 14.8. The van der Waals surface area contributed by atoms with Gasteiger partial charge in [-0.05, 0) is 105 Å². The summed E-state index contributed by atoms with van der Waals surface area (Å²) in [5.74, 6) is 0. The number of nitrogens with zero attached hydrogens (tertiary/aromatic N) is 1. The molecule has 1 atom stereocenters. The Kier molecular flexibility index (Phi) is 6.99. The number of hydrogen-bond acceptors (Lipinski definition) is 1. The van der Waals surface area contributed by atoms with Crippen LogP contribution in [0.1, 0.15) is 41.5 Å². The molecule has 51 heavy (non-hydrogen) atoms. The Morgan fingerprint density at radius 1 is 0.490 bits per heavy atom. The maximum absolute atomic E-state index is 2.51. The Bertz CT molecular complexity index is 2370. The second-order valence-electron chi connectivity index (χ2n) is 13.8. The Morgan fingerprint density at radius 3 is 1.65 bits per heavy atom. The SMILES string of the molecule is C1=CCC=C2C(=C1)c1ccccc1C21C2=C(C(N(c3ccc(-c4ccccc4)cc3)c3ccc(-c4ccccc4)cc3)=CCC2)c2ccccc21. The third-order valence-electron chi connectivity index (χ3n) is 11.2. The van der Waals surface area contributed by atoms with E-state index in [-0.39, 0.29) is 5.41 Å². The maximum atomic E-state index is 2.51. The van der Waals surface area contributed by atoms with Crippen LogP contribution in [-0.2, 0) is 5.41 Å². The van der Waals surface area contributed by atoms with E-state index in [4.69, 9.17) is 0 Å². The molecule has 0 amide bonds. The van der Waals surface area contributed by atoms with Gasteiger partial charge < -0.3 is 4.90 Å². The normalized spacial score (nSPS) is 18.2. The summed E-state index contributed by atoms with van der Waals surface area (Å²) in [4.78, 5) is 2.51. The predicted molar refractivity (Wildman–Crippen MR) is 214 cm³/mol. The number of benzene rings is 6. The smallest absolute Gasteiger partial charge is 0.0686 e. The van der Waals surface area contributed by atoms with Crippen LogP contribution in [-0.4, -0.2) is 0 Å².